The van der Waals surface area contributed by atoms with E-state index in [1.165, 1.54) is 0 Å². The van der Waals surface area contributed by atoms with Gasteiger partial charge in [-0.3, -0.25) is 9.78 Å². The van der Waals surface area contributed by atoms with Crippen LogP contribution in [0.1, 0.15) is 31.7 Å². The molecule has 2 aliphatic rings. The number of aromatic nitrogens is 6. The van der Waals surface area contributed by atoms with E-state index in [4.69, 9.17) is 21.6 Å². The minimum absolute atomic E-state index is 0.0290. The van der Waals surface area contributed by atoms with Crippen LogP contribution in [0.15, 0.2) is 48.8 Å². The zero-order chi connectivity index (χ0) is 25.3. The number of fused-ring (bicyclic) bond motifs is 3. The molecule has 0 amide bonds. The highest BCUT2D eigenvalue weighted by Gasteiger charge is 2.64. The highest BCUT2D eigenvalue weighted by Crippen LogP contribution is 2.66. The molecule has 1 saturated carbocycles. The van der Waals surface area contributed by atoms with E-state index in [0.717, 1.165) is 65.9 Å². The third-order valence-corrected chi connectivity index (χ3v) is 9.07. The second-order valence-electron chi connectivity index (χ2n) is 10.3. The molecule has 2 aromatic carbocycles. The van der Waals surface area contributed by atoms with E-state index in [1.807, 2.05) is 43.7 Å². The van der Waals surface area contributed by atoms with Gasteiger partial charge in [-0.25, -0.2) is 14.4 Å². The maximum atomic E-state index is 14.7. The largest absolute Gasteiger partial charge is 0.355 e. The van der Waals surface area contributed by atoms with E-state index in [9.17, 15) is 4.39 Å². The van der Waals surface area contributed by atoms with E-state index < -0.39 is 0 Å². The number of nitrogens with one attached hydrogen (secondary N) is 1. The SMILES string of the molecule is CCC1(c2ccccc2F)[C@@H]2CCN(c3cnc4c(-c5ccc6nn(C)cc6c5Cl)[nH]nc4n3)CC[C@@H]21. The standard InChI is InChI=1S/C28H27ClFN7/c1-3-28(20-6-4-5-7-21(20)30)18-10-12-37(13-11-19(18)28)23-14-31-26-25(33-34-27(26)32-23)16-8-9-22-17(24(16)29)15-36(2)35-22/h4-9,14-15,18-19H,3,10-13H2,1-2H3,(H,32,33,34)/t18-,19+,28?. The minimum atomic E-state index is -0.0669. The van der Waals surface area contributed by atoms with Crippen LogP contribution in [0, 0.1) is 17.7 Å². The lowest BCUT2D eigenvalue weighted by atomic mass is 9.87. The van der Waals surface area contributed by atoms with Gasteiger partial charge in [-0.05, 0) is 54.9 Å². The summed E-state index contributed by atoms with van der Waals surface area (Å²) in [5.74, 6) is 1.76. The average molecular weight is 516 g/mol. The van der Waals surface area contributed by atoms with Crippen molar-refractivity contribution in [1.29, 1.82) is 0 Å². The average Bonchev–Trinajstić information content (AvgIpc) is 3.16. The molecule has 1 N–H and O–H groups in total. The van der Waals surface area contributed by atoms with Crippen molar-refractivity contribution in [3.63, 3.8) is 0 Å². The number of H-pyrrole nitrogens is 1. The van der Waals surface area contributed by atoms with Gasteiger partial charge in [-0.15, -0.1) is 0 Å². The Bertz CT molecular complexity index is 1640. The van der Waals surface area contributed by atoms with Crippen molar-refractivity contribution in [2.24, 2.45) is 18.9 Å². The topological polar surface area (TPSA) is 75.5 Å². The molecule has 0 radical (unpaired) electrons. The van der Waals surface area contributed by atoms with Crippen LogP contribution in [0.25, 0.3) is 33.3 Å². The number of rotatable bonds is 4. The lowest BCUT2D eigenvalue weighted by molar-refractivity contribution is 0.487. The second kappa shape index (κ2) is 8.25. The molecule has 9 heteroatoms. The first kappa shape index (κ1) is 22.7. The predicted molar refractivity (Wildman–Crippen MR) is 143 cm³/mol. The first-order valence-electron chi connectivity index (χ1n) is 12.8. The first-order chi connectivity index (χ1) is 18.0. The number of nitrogens with zero attached hydrogens (tertiary/aromatic N) is 6. The lowest BCUT2D eigenvalue weighted by Gasteiger charge is -2.25. The van der Waals surface area contributed by atoms with Crippen LogP contribution in [-0.2, 0) is 12.5 Å². The summed E-state index contributed by atoms with van der Waals surface area (Å²) in [6, 6.07) is 11.2. The summed E-state index contributed by atoms with van der Waals surface area (Å²) in [5, 5.41) is 13.5. The van der Waals surface area contributed by atoms with Gasteiger partial charge in [0.15, 0.2) is 0 Å². The second-order valence-corrected chi connectivity index (χ2v) is 10.7. The van der Waals surface area contributed by atoms with Gasteiger partial charge in [-0.1, -0.05) is 36.7 Å². The molecule has 1 unspecified atom stereocenters. The van der Waals surface area contributed by atoms with Crippen molar-refractivity contribution < 1.29 is 4.39 Å². The van der Waals surface area contributed by atoms with Crippen molar-refractivity contribution in [1.82, 2.24) is 29.9 Å². The normalized spacial score (nSPS) is 23.4. The summed E-state index contributed by atoms with van der Waals surface area (Å²) in [5.41, 5.74) is 4.54. The Hall–Kier alpha value is -3.52. The van der Waals surface area contributed by atoms with E-state index in [-0.39, 0.29) is 11.2 Å². The van der Waals surface area contributed by atoms with Crippen LogP contribution in [0.5, 0.6) is 0 Å². The van der Waals surface area contributed by atoms with E-state index >= 15 is 0 Å². The highest BCUT2D eigenvalue weighted by molar-refractivity contribution is 6.38. The Morgan fingerprint density at radius 2 is 1.92 bits per heavy atom. The molecule has 4 heterocycles. The van der Waals surface area contributed by atoms with Crippen molar-refractivity contribution in [3.8, 4) is 11.3 Å². The molecule has 0 bridgehead atoms. The minimum Gasteiger partial charge on any atom is -0.355 e. The van der Waals surface area contributed by atoms with Crippen LogP contribution >= 0.6 is 11.6 Å². The molecule has 3 atom stereocenters. The van der Waals surface area contributed by atoms with Crippen molar-refractivity contribution in [2.75, 3.05) is 18.0 Å². The Morgan fingerprint density at radius 3 is 2.68 bits per heavy atom. The molecule has 2 fully saturated rings. The van der Waals surface area contributed by atoms with Gasteiger partial charge < -0.3 is 4.90 Å². The fraction of sp³-hybridized carbons (Fsp3) is 0.357. The zero-order valence-corrected chi connectivity index (χ0v) is 21.5. The number of aromatic amines is 1. The van der Waals surface area contributed by atoms with Gasteiger partial charge in [0.05, 0.1) is 22.4 Å². The maximum Gasteiger partial charge on any atom is 0.202 e. The summed E-state index contributed by atoms with van der Waals surface area (Å²) < 4.78 is 16.5. The Balaban J connectivity index is 1.15. The summed E-state index contributed by atoms with van der Waals surface area (Å²) in [4.78, 5) is 11.9. The molecule has 1 aliphatic carbocycles. The number of anilines is 1. The molecule has 1 aliphatic heterocycles. The summed E-state index contributed by atoms with van der Waals surface area (Å²) in [6.07, 6.45) is 6.74. The van der Waals surface area contributed by atoms with Gasteiger partial charge in [0, 0.05) is 42.7 Å². The molecule has 0 spiro atoms. The zero-order valence-electron chi connectivity index (χ0n) is 20.7. The number of hydrogen-bond donors (Lipinski definition) is 1. The Labute approximate surface area is 218 Å². The smallest absolute Gasteiger partial charge is 0.202 e. The van der Waals surface area contributed by atoms with Crippen molar-refractivity contribution >= 4 is 39.5 Å². The lowest BCUT2D eigenvalue weighted by Crippen LogP contribution is -2.28. The summed E-state index contributed by atoms with van der Waals surface area (Å²) in [7, 11) is 1.88. The van der Waals surface area contributed by atoms with Crippen LogP contribution < -0.4 is 4.90 Å². The maximum absolute atomic E-state index is 14.7. The third kappa shape index (κ3) is 3.31. The molecule has 5 aromatic rings. The molecular formula is C28H27ClFN7. The number of aryl methyl sites for hydroxylation is 1. The molecule has 3 aromatic heterocycles. The molecule has 1 saturated heterocycles. The fourth-order valence-corrected chi connectivity index (χ4v) is 7.21. The van der Waals surface area contributed by atoms with Crippen LogP contribution in [0.3, 0.4) is 0 Å². The van der Waals surface area contributed by atoms with Gasteiger partial charge in [0.1, 0.15) is 17.2 Å². The van der Waals surface area contributed by atoms with Crippen LogP contribution in [0.4, 0.5) is 10.2 Å². The Kier molecular flexibility index (Phi) is 5.05. The van der Waals surface area contributed by atoms with Crippen molar-refractivity contribution in [2.45, 2.75) is 31.6 Å². The third-order valence-electron chi connectivity index (χ3n) is 8.66. The Morgan fingerprint density at radius 1 is 1.14 bits per heavy atom. The van der Waals surface area contributed by atoms with Crippen LogP contribution in [-0.4, -0.2) is 43.0 Å². The van der Waals surface area contributed by atoms with Gasteiger partial charge in [-0.2, -0.15) is 10.2 Å². The van der Waals surface area contributed by atoms with E-state index in [0.29, 0.717) is 28.0 Å². The van der Waals surface area contributed by atoms with Gasteiger partial charge in [0.2, 0.25) is 5.65 Å². The van der Waals surface area contributed by atoms with E-state index in [1.54, 1.807) is 16.8 Å². The number of benzene rings is 2. The molecule has 7 rings (SSSR count). The van der Waals surface area contributed by atoms with Gasteiger partial charge in [0.25, 0.3) is 0 Å². The summed E-state index contributed by atoms with van der Waals surface area (Å²) >= 11 is 6.74. The first-order valence-corrected chi connectivity index (χ1v) is 13.2. The predicted octanol–water partition coefficient (Wildman–Crippen LogP) is 5.89. The molecule has 37 heavy (non-hydrogen) atoms. The number of hydrogen-bond acceptors (Lipinski definition) is 5. The molecular weight excluding hydrogens is 489 g/mol. The molecule has 188 valence electrons. The van der Waals surface area contributed by atoms with Gasteiger partial charge >= 0.3 is 0 Å². The van der Waals surface area contributed by atoms with Crippen LogP contribution in [0.2, 0.25) is 5.02 Å². The monoisotopic (exact) mass is 515 g/mol. The van der Waals surface area contributed by atoms with E-state index in [2.05, 4.69) is 27.1 Å². The summed E-state index contributed by atoms with van der Waals surface area (Å²) in [6.45, 7) is 3.95. The quantitative estimate of drug-likeness (QED) is 0.323. The van der Waals surface area contributed by atoms with Crippen molar-refractivity contribution in [3.05, 3.63) is 65.2 Å². The highest BCUT2D eigenvalue weighted by atomic mass is 35.5. The molecule has 7 nitrogen and oxygen atoms in total. The number of halogens is 2. The fourth-order valence-electron chi connectivity index (χ4n) is 6.90.